The molecule has 6 heteroatoms. The predicted octanol–water partition coefficient (Wildman–Crippen LogP) is 2.07. The van der Waals surface area contributed by atoms with Crippen LogP contribution in [-0.4, -0.2) is 30.8 Å². The van der Waals surface area contributed by atoms with Crippen LogP contribution >= 0.6 is 0 Å². The van der Waals surface area contributed by atoms with Gasteiger partial charge in [-0.2, -0.15) is 0 Å². The topological polar surface area (TPSA) is 72.5 Å². The van der Waals surface area contributed by atoms with Gasteiger partial charge in [0.05, 0.1) is 4.75 Å². The number of ether oxygens (including phenoxy) is 1. The van der Waals surface area contributed by atoms with Crippen molar-refractivity contribution in [1.82, 2.24) is 4.72 Å². The van der Waals surface area contributed by atoms with E-state index in [1.165, 1.54) is 0 Å². The molecule has 0 aliphatic rings. The Morgan fingerprint density at radius 3 is 1.74 bits per heavy atom. The second-order valence-electron chi connectivity index (χ2n) is 6.99. The first-order valence-electron chi connectivity index (χ1n) is 6.42. The summed E-state index contributed by atoms with van der Waals surface area (Å²) in [4.78, 5) is 12.1. The second-order valence-corrected chi connectivity index (χ2v) is 9.46. The van der Waals surface area contributed by atoms with Crippen LogP contribution in [0.5, 0.6) is 0 Å². The van der Waals surface area contributed by atoms with Crippen LogP contribution in [0.4, 0.5) is 0 Å². The van der Waals surface area contributed by atoms with Gasteiger partial charge in [0.15, 0.2) is 0 Å². The predicted molar refractivity (Wildman–Crippen MR) is 76.3 cm³/mol. The summed E-state index contributed by atoms with van der Waals surface area (Å²) in [5, 5.41) is 0. The number of carbonyl (C=O) groups is 1. The minimum absolute atomic E-state index is 0.188. The Kier molecular flexibility index (Phi) is 5.60. The van der Waals surface area contributed by atoms with Crippen LogP contribution in [0.25, 0.3) is 0 Å². The molecule has 0 fully saturated rings. The summed E-state index contributed by atoms with van der Waals surface area (Å²) in [5.74, 6) is -0.734. The SMILES string of the molecule is CC(C)[C@H](NS(=O)(=O)C(C)(C)C)C(=O)OC(C)(C)C. The fraction of sp³-hybridized carbons (Fsp3) is 0.923. The highest BCUT2D eigenvalue weighted by atomic mass is 32.2. The van der Waals surface area contributed by atoms with E-state index in [1.54, 1.807) is 55.4 Å². The summed E-state index contributed by atoms with van der Waals surface area (Å²) in [5.41, 5.74) is -0.641. The third kappa shape index (κ3) is 5.91. The number of hydrogen-bond donors (Lipinski definition) is 1. The van der Waals surface area contributed by atoms with Gasteiger partial charge in [0, 0.05) is 0 Å². The maximum Gasteiger partial charge on any atom is 0.324 e. The van der Waals surface area contributed by atoms with E-state index < -0.39 is 32.4 Å². The Morgan fingerprint density at radius 1 is 1.05 bits per heavy atom. The van der Waals surface area contributed by atoms with Crippen molar-refractivity contribution in [3.05, 3.63) is 0 Å². The normalized spacial score (nSPS) is 15.4. The van der Waals surface area contributed by atoms with E-state index in [0.29, 0.717) is 0 Å². The number of carbonyl (C=O) groups excluding carboxylic acids is 1. The van der Waals surface area contributed by atoms with E-state index in [4.69, 9.17) is 4.74 Å². The van der Waals surface area contributed by atoms with Gasteiger partial charge < -0.3 is 4.74 Å². The zero-order chi connectivity index (χ0) is 15.6. The van der Waals surface area contributed by atoms with Crippen molar-refractivity contribution in [2.45, 2.75) is 71.8 Å². The van der Waals surface area contributed by atoms with Gasteiger partial charge in [-0.25, -0.2) is 13.1 Å². The van der Waals surface area contributed by atoms with E-state index in [2.05, 4.69) is 4.72 Å². The lowest BCUT2D eigenvalue weighted by atomic mass is 10.1. The molecule has 0 saturated heterocycles. The van der Waals surface area contributed by atoms with Crippen LogP contribution in [-0.2, 0) is 19.6 Å². The molecule has 0 heterocycles. The van der Waals surface area contributed by atoms with Gasteiger partial charge in [-0.1, -0.05) is 13.8 Å². The van der Waals surface area contributed by atoms with Crippen LogP contribution in [0.1, 0.15) is 55.4 Å². The van der Waals surface area contributed by atoms with E-state index >= 15 is 0 Å². The third-order valence-electron chi connectivity index (χ3n) is 2.42. The Morgan fingerprint density at radius 2 is 1.47 bits per heavy atom. The van der Waals surface area contributed by atoms with Crippen molar-refractivity contribution in [2.75, 3.05) is 0 Å². The molecule has 0 spiro atoms. The van der Waals surface area contributed by atoms with E-state index in [1.807, 2.05) is 0 Å². The van der Waals surface area contributed by atoms with Crippen LogP contribution in [0, 0.1) is 5.92 Å². The highest BCUT2D eigenvalue weighted by Gasteiger charge is 2.36. The zero-order valence-corrected chi connectivity index (χ0v) is 14.0. The average molecular weight is 293 g/mol. The molecule has 0 aromatic rings. The van der Waals surface area contributed by atoms with Crippen LogP contribution < -0.4 is 4.72 Å². The van der Waals surface area contributed by atoms with Gasteiger partial charge in [0.25, 0.3) is 0 Å². The van der Waals surface area contributed by atoms with E-state index in [-0.39, 0.29) is 5.92 Å². The molecule has 0 aliphatic carbocycles. The van der Waals surface area contributed by atoms with Gasteiger partial charge in [-0.15, -0.1) is 0 Å². The molecule has 0 saturated carbocycles. The lowest BCUT2D eigenvalue weighted by Gasteiger charge is -2.29. The van der Waals surface area contributed by atoms with Gasteiger partial charge >= 0.3 is 5.97 Å². The Labute approximate surface area is 117 Å². The molecule has 0 radical (unpaired) electrons. The van der Waals surface area contributed by atoms with Gasteiger partial charge in [0.1, 0.15) is 11.6 Å². The minimum Gasteiger partial charge on any atom is -0.459 e. The summed E-state index contributed by atoms with van der Waals surface area (Å²) in [6.45, 7) is 13.6. The Hall–Kier alpha value is -0.620. The zero-order valence-electron chi connectivity index (χ0n) is 13.2. The van der Waals surface area contributed by atoms with E-state index in [9.17, 15) is 13.2 Å². The van der Waals surface area contributed by atoms with Gasteiger partial charge in [-0.3, -0.25) is 4.79 Å². The minimum atomic E-state index is -3.59. The molecule has 0 amide bonds. The van der Waals surface area contributed by atoms with Crippen molar-refractivity contribution < 1.29 is 17.9 Å². The molecule has 1 atom stereocenters. The maximum absolute atomic E-state index is 12.1. The van der Waals surface area contributed by atoms with Crippen LogP contribution in [0.3, 0.4) is 0 Å². The fourth-order valence-electron chi connectivity index (χ4n) is 1.17. The molecule has 0 bridgehead atoms. The third-order valence-corrected chi connectivity index (χ3v) is 4.59. The maximum atomic E-state index is 12.1. The first kappa shape index (κ1) is 18.4. The summed E-state index contributed by atoms with van der Waals surface area (Å²) < 4.78 is 31.0. The Balaban J connectivity index is 5.13. The van der Waals surface area contributed by atoms with Crippen molar-refractivity contribution >= 4 is 16.0 Å². The smallest absolute Gasteiger partial charge is 0.324 e. The van der Waals surface area contributed by atoms with Crippen molar-refractivity contribution in [1.29, 1.82) is 0 Å². The van der Waals surface area contributed by atoms with E-state index in [0.717, 1.165) is 0 Å². The molecule has 0 rings (SSSR count). The number of hydrogen-bond acceptors (Lipinski definition) is 4. The largest absolute Gasteiger partial charge is 0.459 e. The Bertz CT molecular complexity index is 413. The van der Waals surface area contributed by atoms with Gasteiger partial charge in [-0.05, 0) is 47.5 Å². The fourth-order valence-corrected chi connectivity index (χ4v) is 2.22. The molecule has 0 unspecified atom stereocenters. The lowest BCUT2D eigenvalue weighted by Crippen LogP contribution is -2.51. The van der Waals surface area contributed by atoms with Crippen molar-refractivity contribution in [3.8, 4) is 0 Å². The number of nitrogens with one attached hydrogen (secondary N) is 1. The first-order valence-corrected chi connectivity index (χ1v) is 7.90. The molecule has 114 valence electrons. The quantitative estimate of drug-likeness (QED) is 0.805. The van der Waals surface area contributed by atoms with Crippen LogP contribution in [0.2, 0.25) is 0 Å². The van der Waals surface area contributed by atoms with Crippen molar-refractivity contribution in [2.24, 2.45) is 5.92 Å². The molecule has 0 aliphatic heterocycles. The number of esters is 1. The summed E-state index contributed by atoms with van der Waals surface area (Å²) in [7, 11) is -3.59. The number of sulfonamides is 1. The summed E-state index contributed by atoms with van der Waals surface area (Å²) in [6, 6.07) is -0.872. The number of rotatable bonds is 4. The molecular formula is C13H27NO4S. The molecule has 1 N–H and O–H groups in total. The van der Waals surface area contributed by atoms with Crippen LogP contribution in [0.15, 0.2) is 0 Å². The second kappa shape index (κ2) is 5.79. The molecular weight excluding hydrogens is 266 g/mol. The average Bonchev–Trinajstić information content (AvgIpc) is 2.08. The summed E-state index contributed by atoms with van der Waals surface area (Å²) >= 11 is 0. The first-order chi connectivity index (χ1) is 8.17. The standard InChI is InChI=1S/C13H27NO4S/c1-9(2)10(11(15)18-12(3,4)5)14-19(16,17)13(6,7)8/h9-10,14H,1-8H3/t10-/m0/s1. The van der Waals surface area contributed by atoms with Crippen molar-refractivity contribution in [3.63, 3.8) is 0 Å². The molecule has 0 aromatic heterocycles. The highest BCUT2D eigenvalue weighted by Crippen LogP contribution is 2.18. The highest BCUT2D eigenvalue weighted by molar-refractivity contribution is 7.90. The molecule has 19 heavy (non-hydrogen) atoms. The lowest BCUT2D eigenvalue weighted by molar-refractivity contribution is -0.158. The molecule has 0 aromatic carbocycles. The van der Waals surface area contributed by atoms with Gasteiger partial charge in [0.2, 0.25) is 10.0 Å². The summed E-state index contributed by atoms with van der Waals surface area (Å²) in [6.07, 6.45) is 0. The monoisotopic (exact) mass is 293 g/mol. The molecule has 5 nitrogen and oxygen atoms in total.